The van der Waals surface area contributed by atoms with Crippen LogP contribution in [0, 0.1) is 0 Å². The minimum atomic E-state index is -0.833. The molecule has 0 saturated heterocycles. The van der Waals surface area contributed by atoms with Crippen LogP contribution in [0.2, 0.25) is 10.0 Å². The van der Waals surface area contributed by atoms with Crippen molar-refractivity contribution in [1.29, 1.82) is 0 Å². The zero-order valence-corrected chi connectivity index (χ0v) is 29.6. The number of halogens is 2. The number of ether oxygens (including phenoxy) is 5. The molecule has 252 valence electrons. The Balaban J connectivity index is 1.61. The van der Waals surface area contributed by atoms with Crippen molar-refractivity contribution in [1.82, 2.24) is 4.57 Å². The van der Waals surface area contributed by atoms with Gasteiger partial charge in [0.05, 0.1) is 48.3 Å². The Morgan fingerprint density at radius 3 is 2.21 bits per heavy atom. The molecule has 0 aliphatic carbocycles. The number of hydrogen-bond acceptors (Lipinski definition) is 9. The van der Waals surface area contributed by atoms with Crippen LogP contribution < -0.4 is 33.8 Å². The molecule has 4 aromatic rings. The first-order valence-corrected chi connectivity index (χ1v) is 17.2. The van der Waals surface area contributed by atoms with Gasteiger partial charge >= 0.3 is 5.97 Å². The van der Waals surface area contributed by atoms with Gasteiger partial charge in [0, 0.05) is 15.6 Å². The average molecular weight is 712 g/mol. The van der Waals surface area contributed by atoms with Gasteiger partial charge in [-0.3, -0.25) is 9.36 Å². The van der Waals surface area contributed by atoms with Crippen LogP contribution in [-0.4, -0.2) is 37.0 Å². The minimum absolute atomic E-state index is 0.164. The lowest BCUT2D eigenvalue weighted by Crippen LogP contribution is -2.40. The van der Waals surface area contributed by atoms with Crippen molar-refractivity contribution in [2.24, 2.45) is 4.99 Å². The maximum absolute atomic E-state index is 14.2. The van der Waals surface area contributed by atoms with Crippen LogP contribution in [0.4, 0.5) is 0 Å². The highest BCUT2D eigenvalue weighted by atomic mass is 35.5. The summed E-state index contributed by atoms with van der Waals surface area (Å²) in [7, 11) is 0. The number of hydrogen-bond donors (Lipinski definition) is 0. The third-order valence-corrected chi connectivity index (χ3v) is 8.93. The largest absolute Gasteiger partial charge is 0.490 e. The quantitative estimate of drug-likeness (QED) is 0.140. The zero-order chi connectivity index (χ0) is 34.4. The Labute approximate surface area is 292 Å². The fraction of sp³-hybridized carbons (Fsp3) is 0.306. The molecule has 1 atom stereocenters. The smallest absolute Gasteiger partial charge is 0.338 e. The second-order valence-electron chi connectivity index (χ2n) is 10.5. The summed E-state index contributed by atoms with van der Waals surface area (Å²) >= 11 is 13.7. The molecule has 0 spiro atoms. The molecule has 0 radical (unpaired) electrons. The monoisotopic (exact) mass is 710 g/mol. The molecular weight excluding hydrogens is 675 g/mol. The van der Waals surface area contributed by atoms with Crippen molar-refractivity contribution in [3.05, 3.63) is 112 Å². The van der Waals surface area contributed by atoms with Gasteiger partial charge in [-0.2, -0.15) is 0 Å². The summed E-state index contributed by atoms with van der Waals surface area (Å²) in [6.45, 7) is 10.8. The number of allylic oxidation sites excluding steroid dienone is 1. The molecule has 1 aromatic heterocycles. The molecule has 48 heavy (non-hydrogen) atoms. The molecule has 12 heteroatoms. The Morgan fingerprint density at radius 1 is 0.854 bits per heavy atom. The first-order chi connectivity index (χ1) is 23.2. The van der Waals surface area contributed by atoms with Crippen LogP contribution in [0.3, 0.4) is 0 Å². The van der Waals surface area contributed by atoms with Gasteiger partial charge < -0.3 is 23.7 Å². The van der Waals surface area contributed by atoms with Crippen LogP contribution in [0.15, 0.2) is 75.7 Å². The van der Waals surface area contributed by atoms with Gasteiger partial charge in [-0.25, -0.2) is 9.79 Å². The molecule has 2 heterocycles. The van der Waals surface area contributed by atoms with E-state index in [1.54, 1.807) is 50.3 Å². The van der Waals surface area contributed by atoms with Gasteiger partial charge in [-0.15, -0.1) is 0 Å². The Morgan fingerprint density at radius 2 is 1.52 bits per heavy atom. The van der Waals surface area contributed by atoms with E-state index in [1.807, 2.05) is 45.0 Å². The lowest BCUT2D eigenvalue weighted by atomic mass is 9.95. The van der Waals surface area contributed by atoms with E-state index in [0.29, 0.717) is 73.5 Å². The topological polar surface area (TPSA) is 97.6 Å². The Bertz CT molecular complexity index is 2040. The van der Waals surface area contributed by atoms with Gasteiger partial charge in [-0.1, -0.05) is 52.7 Å². The summed E-state index contributed by atoms with van der Waals surface area (Å²) in [6.07, 6.45) is 1.78. The lowest BCUT2D eigenvalue weighted by Gasteiger charge is -2.25. The minimum Gasteiger partial charge on any atom is -0.490 e. The molecule has 5 rings (SSSR count). The standard InChI is InChI=1S/C36H36Cl2N2O7S/c1-6-43-27-14-10-22(16-29(27)44-7-2)17-31-34(41)40-33(32(35(42)46-9-4)21(5)39-36(40)48-31)23-12-15-28(30(18-23)45-8-3)47-20-24-11-13-25(37)19-26(24)38/h10-19,33H,6-9,20H2,1-5H3/b31-17+/t33-/m0/s1. The van der Waals surface area contributed by atoms with E-state index in [2.05, 4.69) is 4.99 Å². The molecule has 0 bridgehead atoms. The molecule has 3 aromatic carbocycles. The van der Waals surface area contributed by atoms with Gasteiger partial charge in [-0.05, 0) is 88.2 Å². The van der Waals surface area contributed by atoms with Crippen molar-refractivity contribution in [2.45, 2.75) is 47.3 Å². The zero-order valence-electron chi connectivity index (χ0n) is 27.3. The number of rotatable bonds is 13. The highest BCUT2D eigenvalue weighted by Gasteiger charge is 2.34. The lowest BCUT2D eigenvalue weighted by molar-refractivity contribution is -0.139. The predicted molar refractivity (Wildman–Crippen MR) is 188 cm³/mol. The van der Waals surface area contributed by atoms with Gasteiger partial charge in [0.15, 0.2) is 27.8 Å². The number of carbonyl (C=O) groups is 1. The molecule has 0 N–H and O–H groups in total. The van der Waals surface area contributed by atoms with Gasteiger partial charge in [0.1, 0.15) is 6.61 Å². The van der Waals surface area contributed by atoms with Crippen molar-refractivity contribution in [3.8, 4) is 23.0 Å². The van der Waals surface area contributed by atoms with E-state index in [9.17, 15) is 9.59 Å². The first kappa shape index (κ1) is 35.1. The van der Waals surface area contributed by atoms with Crippen LogP contribution in [0.25, 0.3) is 6.08 Å². The van der Waals surface area contributed by atoms with Crippen molar-refractivity contribution in [2.75, 3.05) is 26.4 Å². The highest BCUT2D eigenvalue weighted by Crippen LogP contribution is 2.37. The van der Waals surface area contributed by atoms with Crippen molar-refractivity contribution >= 4 is 46.6 Å². The highest BCUT2D eigenvalue weighted by molar-refractivity contribution is 7.07. The van der Waals surface area contributed by atoms with Gasteiger partial charge in [0.2, 0.25) is 0 Å². The van der Waals surface area contributed by atoms with Crippen LogP contribution >= 0.6 is 34.5 Å². The molecule has 0 fully saturated rings. The van der Waals surface area contributed by atoms with E-state index in [1.165, 1.54) is 15.9 Å². The van der Waals surface area contributed by atoms with E-state index < -0.39 is 12.0 Å². The number of aromatic nitrogens is 1. The van der Waals surface area contributed by atoms with E-state index >= 15 is 0 Å². The maximum Gasteiger partial charge on any atom is 0.338 e. The van der Waals surface area contributed by atoms with Crippen molar-refractivity contribution in [3.63, 3.8) is 0 Å². The number of carbonyl (C=O) groups excluding carboxylic acids is 1. The number of fused-ring (bicyclic) bond motifs is 1. The number of benzene rings is 3. The van der Waals surface area contributed by atoms with E-state index in [0.717, 1.165) is 11.1 Å². The molecule has 9 nitrogen and oxygen atoms in total. The summed E-state index contributed by atoms with van der Waals surface area (Å²) in [4.78, 5) is 32.7. The molecule has 0 amide bonds. The summed E-state index contributed by atoms with van der Waals surface area (Å²) in [5, 5.41) is 1.01. The fourth-order valence-electron chi connectivity index (χ4n) is 5.29. The third-order valence-electron chi connectivity index (χ3n) is 7.36. The predicted octanol–water partition coefficient (Wildman–Crippen LogP) is 6.88. The summed E-state index contributed by atoms with van der Waals surface area (Å²) in [6, 6.07) is 15.2. The number of esters is 1. The van der Waals surface area contributed by atoms with Crippen LogP contribution in [0.1, 0.15) is 57.4 Å². The molecule has 1 aliphatic rings. The molecular formula is C36H36Cl2N2O7S. The maximum atomic E-state index is 14.2. The van der Waals surface area contributed by atoms with Crippen LogP contribution in [0.5, 0.6) is 23.0 Å². The molecule has 0 saturated carbocycles. The number of nitrogens with zero attached hydrogens (tertiary/aromatic N) is 2. The Kier molecular flexibility index (Phi) is 11.5. The molecule has 0 unspecified atom stereocenters. The van der Waals surface area contributed by atoms with E-state index in [4.69, 9.17) is 46.9 Å². The summed E-state index contributed by atoms with van der Waals surface area (Å²) in [5.74, 6) is 1.57. The fourth-order valence-corrected chi connectivity index (χ4v) is 6.80. The van der Waals surface area contributed by atoms with E-state index in [-0.39, 0.29) is 24.3 Å². The van der Waals surface area contributed by atoms with Crippen LogP contribution in [-0.2, 0) is 16.1 Å². The average Bonchev–Trinajstić information content (AvgIpc) is 3.35. The summed E-state index contributed by atoms with van der Waals surface area (Å²) in [5.41, 5.74) is 2.55. The summed E-state index contributed by atoms with van der Waals surface area (Å²) < 4.78 is 31.0. The number of thiazole rings is 1. The SMILES string of the molecule is CCOC(=O)C1=C(C)N=c2s/c(=C/c3ccc(OCC)c(OCC)c3)c(=O)n2[C@H]1c1ccc(OCc2ccc(Cl)cc2Cl)c(OCC)c1. The second-order valence-corrected chi connectivity index (χ2v) is 12.4. The van der Waals surface area contributed by atoms with Gasteiger partial charge in [0.25, 0.3) is 5.56 Å². The molecule has 1 aliphatic heterocycles. The first-order valence-electron chi connectivity index (χ1n) is 15.6. The van der Waals surface area contributed by atoms with Crippen molar-refractivity contribution < 1.29 is 28.5 Å². The Hall–Kier alpha value is -4.25. The third kappa shape index (κ3) is 7.56. The normalized spacial score (nSPS) is 14.3. The second kappa shape index (κ2) is 15.8.